The van der Waals surface area contributed by atoms with E-state index in [0.717, 1.165) is 51.2 Å². The van der Waals surface area contributed by atoms with Crippen LogP contribution in [0.5, 0.6) is 0 Å². The number of rotatable bonds is 8. The second-order valence-electron chi connectivity index (χ2n) is 7.92. The first-order valence-electron chi connectivity index (χ1n) is 9.78. The minimum atomic E-state index is -0.788. The summed E-state index contributed by atoms with van der Waals surface area (Å²) in [7, 11) is 0. The lowest BCUT2D eigenvalue weighted by Crippen LogP contribution is -2.57. The molecule has 3 aliphatic rings. The van der Waals surface area contributed by atoms with Crippen LogP contribution >= 0.6 is 0 Å². The highest BCUT2D eigenvalue weighted by Gasteiger charge is 2.35. The number of carboxylic acids is 1. The molecule has 25 heavy (non-hydrogen) atoms. The lowest BCUT2D eigenvalue weighted by atomic mass is 9.85. The Morgan fingerprint density at radius 3 is 2.28 bits per heavy atom. The number of amides is 2. The van der Waals surface area contributed by atoms with E-state index in [0.29, 0.717) is 0 Å². The molecule has 0 aromatic heterocycles. The van der Waals surface area contributed by atoms with Gasteiger partial charge in [0.05, 0.1) is 6.54 Å². The van der Waals surface area contributed by atoms with Gasteiger partial charge in [-0.25, -0.2) is 4.79 Å². The first-order chi connectivity index (χ1) is 12.0. The molecule has 0 aromatic rings. The Morgan fingerprint density at radius 1 is 1.08 bits per heavy atom. The number of hydrogen-bond acceptors (Lipinski definition) is 4. The molecule has 1 saturated heterocycles. The monoisotopic (exact) mass is 352 g/mol. The van der Waals surface area contributed by atoms with Gasteiger partial charge in [0.25, 0.3) is 0 Å². The van der Waals surface area contributed by atoms with Crippen molar-refractivity contribution in [2.24, 2.45) is 5.92 Å². The first kappa shape index (κ1) is 18.5. The highest BCUT2D eigenvalue weighted by Crippen LogP contribution is 2.30. The van der Waals surface area contributed by atoms with Crippen molar-refractivity contribution in [3.05, 3.63) is 0 Å². The fraction of sp³-hybridized carbons (Fsp3) is 0.889. The fourth-order valence-corrected chi connectivity index (χ4v) is 4.01. The Bertz CT molecular complexity index is 469. The normalized spacial score (nSPS) is 27.8. The van der Waals surface area contributed by atoms with Gasteiger partial charge in [0.2, 0.25) is 0 Å². The van der Waals surface area contributed by atoms with Crippen LogP contribution in [-0.4, -0.2) is 77.8 Å². The summed E-state index contributed by atoms with van der Waals surface area (Å²) in [5.41, 5.74) is 0. The summed E-state index contributed by atoms with van der Waals surface area (Å²) in [4.78, 5) is 27.5. The number of likely N-dealkylation sites (N-methyl/N-ethyl adjacent to an activating group) is 1. The highest BCUT2D eigenvalue weighted by molar-refractivity contribution is 5.74. The van der Waals surface area contributed by atoms with Gasteiger partial charge >= 0.3 is 12.0 Å². The van der Waals surface area contributed by atoms with Crippen LogP contribution in [0.3, 0.4) is 0 Å². The van der Waals surface area contributed by atoms with Crippen molar-refractivity contribution in [2.75, 3.05) is 32.7 Å². The summed E-state index contributed by atoms with van der Waals surface area (Å²) in [5, 5.41) is 15.1. The summed E-state index contributed by atoms with van der Waals surface area (Å²) in [5.74, 6) is 0.146. The fourth-order valence-electron chi connectivity index (χ4n) is 4.01. The molecule has 3 rings (SSSR count). The molecular weight excluding hydrogens is 320 g/mol. The molecule has 142 valence electrons. The molecule has 2 aliphatic carbocycles. The number of likely N-dealkylation sites (tertiary alicyclic amines) is 1. The number of aliphatic carboxylic acids is 1. The van der Waals surface area contributed by atoms with Crippen molar-refractivity contribution in [3.8, 4) is 0 Å². The average molecular weight is 352 g/mol. The van der Waals surface area contributed by atoms with Crippen LogP contribution < -0.4 is 10.6 Å². The van der Waals surface area contributed by atoms with E-state index in [9.17, 15) is 9.59 Å². The molecule has 1 aliphatic heterocycles. The van der Waals surface area contributed by atoms with Crippen LogP contribution in [0.15, 0.2) is 0 Å². The molecule has 0 radical (unpaired) electrons. The van der Waals surface area contributed by atoms with Crippen LogP contribution in [0.4, 0.5) is 4.79 Å². The maximum atomic E-state index is 12.2. The SMILES string of the molecule is CCN(CC(=O)O)C1CC(NC(=O)NC2CCN(CC3CC3)CC2)C1. The van der Waals surface area contributed by atoms with E-state index < -0.39 is 5.97 Å². The van der Waals surface area contributed by atoms with E-state index >= 15 is 0 Å². The van der Waals surface area contributed by atoms with E-state index in [1.807, 2.05) is 11.8 Å². The molecule has 7 nitrogen and oxygen atoms in total. The average Bonchev–Trinajstić information content (AvgIpc) is 3.34. The van der Waals surface area contributed by atoms with Crippen LogP contribution in [0.25, 0.3) is 0 Å². The highest BCUT2D eigenvalue weighted by atomic mass is 16.4. The van der Waals surface area contributed by atoms with Crippen molar-refractivity contribution >= 4 is 12.0 Å². The molecule has 3 N–H and O–H groups in total. The summed E-state index contributed by atoms with van der Waals surface area (Å²) in [6.45, 7) is 6.22. The molecule has 3 fully saturated rings. The number of nitrogens with one attached hydrogen (secondary N) is 2. The van der Waals surface area contributed by atoms with Crippen molar-refractivity contribution in [1.82, 2.24) is 20.4 Å². The van der Waals surface area contributed by atoms with Gasteiger partial charge in [0, 0.05) is 37.8 Å². The van der Waals surface area contributed by atoms with Gasteiger partial charge in [0.1, 0.15) is 0 Å². The zero-order valence-electron chi connectivity index (χ0n) is 15.2. The van der Waals surface area contributed by atoms with Crippen molar-refractivity contribution in [2.45, 2.75) is 63.6 Å². The number of hydrogen-bond donors (Lipinski definition) is 3. The van der Waals surface area contributed by atoms with E-state index in [1.54, 1.807) is 0 Å². The third-order valence-corrected chi connectivity index (χ3v) is 5.85. The van der Waals surface area contributed by atoms with E-state index in [-0.39, 0.29) is 30.7 Å². The van der Waals surface area contributed by atoms with Gasteiger partial charge in [0.15, 0.2) is 0 Å². The molecule has 0 unspecified atom stereocenters. The van der Waals surface area contributed by atoms with E-state index in [4.69, 9.17) is 5.11 Å². The number of nitrogens with zero attached hydrogens (tertiary/aromatic N) is 2. The quantitative estimate of drug-likeness (QED) is 0.609. The smallest absolute Gasteiger partial charge is 0.317 e. The molecule has 2 amide bonds. The van der Waals surface area contributed by atoms with Gasteiger partial charge in [-0.05, 0) is 51.0 Å². The lowest BCUT2D eigenvalue weighted by Gasteiger charge is -2.42. The predicted octanol–water partition coefficient (Wildman–Crippen LogP) is 1.10. The standard InChI is InChI=1S/C18H32N4O3/c1-2-22(12-17(23)24)16-9-15(10-16)20-18(25)19-14-5-7-21(8-6-14)11-13-3-4-13/h13-16H,2-12H2,1H3,(H,23,24)(H2,19,20,25). The van der Waals surface area contributed by atoms with E-state index in [1.165, 1.54) is 19.4 Å². The second kappa shape index (κ2) is 8.36. The second-order valence-corrected chi connectivity index (χ2v) is 7.92. The molecule has 0 spiro atoms. The van der Waals surface area contributed by atoms with Crippen molar-refractivity contribution in [1.29, 1.82) is 0 Å². The predicted molar refractivity (Wildman–Crippen MR) is 95.5 cm³/mol. The Hall–Kier alpha value is -1.34. The minimum absolute atomic E-state index is 0.0645. The number of carbonyl (C=O) groups excluding carboxylic acids is 1. The minimum Gasteiger partial charge on any atom is -0.480 e. The Kier molecular flexibility index (Phi) is 6.17. The van der Waals surface area contributed by atoms with Crippen LogP contribution in [-0.2, 0) is 4.79 Å². The summed E-state index contributed by atoms with van der Waals surface area (Å²) >= 11 is 0. The maximum absolute atomic E-state index is 12.2. The lowest BCUT2D eigenvalue weighted by molar-refractivity contribution is -0.139. The molecular formula is C18H32N4O3. The molecule has 2 saturated carbocycles. The molecule has 0 aromatic carbocycles. The van der Waals surface area contributed by atoms with Crippen molar-refractivity contribution < 1.29 is 14.7 Å². The molecule has 7 heteroatoms. The van der Waals surface area contributed by atoms with Crippen molar-refractivity contribution in [3.63, 3.8) is 0 Å². The number of piperidine rings is 1. The zero-order chi connectivity index (χ0) is 17.8. The van der Waals surface area contributed by atoms with Gasteiger partial charge < -0.3 is 20.6 Å². The van der Waals surface area contributed by atoms with Gasteiger partial charge in [-0.2, -0.15) is 0 Å². The Morgan fingerprint density at radius 2 is 1.72 bits per heavy atom. The molecule has 0 atom stereocenters. The van der Waals surface area contributed by atoms with Gasteiger partial charge in [-0.15, -0.1) is 0 Å². The third kappa shape index (κ3) is 5.57. The Labute approximate surface area is 150 Å². The number of urea groups is 1. The Balaban J connectivity index is 1.29. The summed E-state index contributed by atoms with van der Waals surface area (Å²) in [6, 6.07) is 0.663. The number of carboxylic acid groups (broad SMARTS) is 1. The molecule has 0 bridgehead atoms. The van der Waals surface area contributed by atoms with Gasteiger partial charge in [-0.1, -0.05) is 6.92 Å². The van der Waals surface area contributed by atoms with Crippen LogP contribution in [0, 0.1) is 5.92 Å². The van der Waals surface area contributed by atoms with Crippen LogP contribution in [0.2, 0.25) is 0 Å². The zero-order valence-corrected chi connectivity index (χ0v) is 15.2. The third-order valence-electron chi connectivity index (χ3n) is 5.85. The first-order valence-corrected chi connectivity index (χ1v) is 9.78. The topological polar surface area (TPSA) is 84.9 Å². The maximum Gasteiger partial charge on any atom is 0.317 e. The summed E-state index contributed by atoms with van der Waals surface area (Å²) < 4.78 is 0. The largest absolute Gasteiger partial charge is 0.480 e. The van der Waals surface area contributed by atoms with Gasteiger partial charge in [-0.3, -0.25) is 9.69 Å². The van der Waals surface area contributed by atoms with Crippen LogP contribution in [0.1, 0.15) is 45.4 Å². The summed E-state index contributed by atoms with van der Waals surface area (Å²) in [6.07, 6.45) is 6.55. The molecule has 1 heterocycles. The van der Waals surface area contributed by atoms with E-state index in [2.05, 4.69) is 15.5 Å². The number of carbonyl (C=O) groups is 2.